The lowest BCUT2D eigenvalue weighted by Crippen LogP contribution is -2.55. The molecule has 7 heteroatoms. The first-order chi connectivity index (χ1) is 20.1. The van der Waals surface area contributed by atoms with Gasteiger partial charge in [-0.3, -0.25) is 19.9 Å². The van der Waals surface area contributed by atoms with Gasteiger partial charge in [0.15, 0.2) is 8.07 Å². The number of rotatable bonds is 4. The van der Waals surface area contributed by atoms with Gasteiger partial charge < -0.3 is 9.13 Å². The van der Waals surface area contributed by atoms with Crippen molar-refractivity contribution in [2.24, 2.45) is 0 Å². The molecule has 0 aliphatic carbocycles. The van der Waals surface area contributed by atoms with Crippen molar-refractivity contribution in [2.45, 2.75) is 13.1 Å². The molecule has 196 valence electrons. The van der Waals surface area contributed by atoms with E-state index in [0.29, 0.717) is 0 Å². The van der Waals surface area contributed by atoms with Crippen LogP contribution in [-0.2, 0) is 0 Å². The van der Waals surface area contributed by atoms with Crippen LogP contribution < -0.4 is 10.6 Å². The van der Waals surface area contributed by atoms with Gasteiger partial charge in [0.2, 0.25) is 0 Å². The maximum absolute atomic E-state index is 5.08. The number of para-hydroxylation sites is 2. The Morgan fingerprint density at radius 2 is 0.902 bits per heavy atom. The number of nitrogens with zero attached hydrogens (tertiary/aromatic N) is 6. The summed E-state index contributed by atoms with van der Waals surface area (Å²) in [5.74, 6) is 0. The van der Waals surface area contributed by atoms with Gasteiger partial charge in [0.05, 0.1) is 22.1 Å². The van der Waals surface area contributed by atoms with Crippen molar-refractivity contribution < 1.29 is 0 Å². The van der Waals surface area contributed by atoms with Gasteiger partial charge in [0.25, 0.3) is 0 Å². The van der Waals surface area contributed by atoms with E-state index in [2.05, 4.69) is 117 Å². The quantitative estimate of drug-likeness (QED) is 0.244. The van der Waals surface area contributed by atoms with Crippen molar-refractivity contribution >= 4 is 62.3 Å². The van der Waals surface area contributed by atoms with Crippen molar-refractivity contribution in [1.29, 1.82) is 0 Å². The van der Waals surface area contributed by atoms with Crippen LogP contribution in [0.1, 0.15) is 0 Å². The van der Waals surface area contributed by atoms with Gasteiger partial charge in [-0.1, -0.05) is 49.5 Å². The SMILES string of the molecule is C[Si](C)(c1cc2c(cn1)c1cnccc1n2-c1ccccc1)c1cc2c(cn1)c1cnccc1n2-c1ccccc1. The fraction of sp³-hybridized carbons (Fsp3) is 0.0588. The lowest BCUT2D eigenvalue weighted by molar-refractivity contribution is 1.17. The summed E-state index contributed by atoms with van der Waals surface area (Å²) in [6.07, 6.45) is 11.6. The average Bonchev–Trinajstić information content (AvgIpc) is 3.54. The smallest absolute Gasteiger partial charge is 0.158 e. The lowest BCUT2D eigenvalue weighted by Gasteiger charge is -2.22. The van der Waals surface area contributed by atoms with E-state index in [0.717, 1.165) is 65.6 Å². The van der Waals surface area contributed by atoms with Gasteiger partial charge in [-0.15, -0.1) is 0 Å². The first-order valence-electron chi connectivity index (χ1n) is 13.7. The van der Waals surface area contributed by atoms with Gasteiger partial charge in [-0.05, 0) is 48.5 Å². The average molecular weight is 547 g/mol. The molecule has 6 nitrogen and oxygen atoms in total. The number of fused-ring (bicyclic) bond motifs is 6. The maximum atomic E-state index is 5.08. The Balaban J connectivity index is 1.35. The van der Waals surface area contributed by atoms with Gasteiger partial charge in [0.1, 0.15) is 0 Å². The third-order valence-electron chi connectivity index (χ3n) is 8.21. The summed E-state index contributed by atoms with van der Waals surface area (Å²) in [5, 5.41) is 6.59. The number of hydrogen-bond donors (Lipinski definition) is 0. The molecule has 0 saturated heterocycles. The van der Waals surface area contributed by atoms with Gasteiger partial charge in [-0.2, -0.15) is 0 Å². The molecule has 0 spiro atoms. The summed E-state index contributed by atoms with van der Waals surface area (Å²) < 4.78 is 4.64. The van der Waals surface area contributed by atoms with Crippen molar-refractivity contribution in [3.05, 3.63) is 122 Å². The van der Waals surface area contributed by atoms with Gasteiger partial charge >= 0.3 is 0 Å². The summed E-state index contributed by atoms with van der Waals surface area (Å²) in [6.45, 7) is 4.67. The third-order valence-corrected chi connectivity index (χ3v) is 11.3. The molecule has 6 aromatic heterocycles. The van der Waals surface area contributed by atoms with Crippen LogP contribution in [0.5, 0.6) is 0 Å². The number of pyridine rings is 4. The normalized spacial score (nSPS) is 12.1. The Morgan fingerprint density at radius 1 is 0.488 bits per heavy atom. The van der Waals surface area contributed by atoms with E-state index in [1.165, 1.54) is 0 Å². The van der Waals surface area contributed by atoms with Crippen LogP contribution in [-0.4, -0.2) is 37.1 Å². The van der Waals surface area contributed by atoms with E-state index in [9.17, 15) is 0 Å². The molecule has 2 aromatic carbocycles. The molecule has 0 fully saturated rings. The molecule has 0 amide bonds. The topological polar surface area (TPSA) is 61.4 Å². The van der Waals surface area contributed by atoms with Crippen LogP contribution in [0.3, 0.4) is 0 Å². The molecule has 41 heavy (non-hydrogen) atoms. The zero-order valence-electron chi connectivity index (χ0n) is 22.7. The molecule has 0 N–H and O–H groups in total. The predicted molar refractivity (Wildman–Crippen MR) is 169 cm³/mol. The first-order valence-corrected chi connectivity index (χ1v) is 16.7. The summed E-state index contributed by atoms with van der Waals surface area (Å²) in [6, 6.07) is 29.7. The molecule has 6 heterocycles. The van der Waals surface area contributed by atoms with Gasteiger partial charge in [0, 0.05) is 80.7 Å². The molecule has 0 atom stereocenters. The minimum atomic E-state index is -2.32. The Kier molecular flexibility index (Phi) is 5.17. The number of hydrogen-bond acceptors (Lipinski definition) is 4. The van der Waals surface area contributed by atoms with Crippen LogP contribution >= 0.6 is 0 Å². The summed E-state index contributed by atoms with van der Waals surface area (Å²) in [5.41, 5.74) is 6.76. The Hall–Kier alpha value is -5.14. The highest BCUT2D eigenvalue weighted by atomic mass is 28.3. The van der Waals surface area contributed by atoms with Crippen LogP contribution in [0.15, 0.2) is 122 Å². The number of benzene rings is 2. The van der Waals surface area contributed by atoms with Crippen molar-refractivity contribution in [2.75, 3.05) is 0 Å². The largest absolute Gasteiger partial charge is 0.309 e. The molecule has 8 rings (SSSR count). The van der Waals surface area contributed by atoms with Crippen LogP contribution in [0.4, 0.5) is 0 Å². The fourth-order valence-electron chi connectivity index (χ4n) is 6.04. The molecule has 0 unspecified atom stereocenters. The van der Waals surface area contributed by atoms with Crippen LogP contribution in [0.25, 0.3) is 55.0 Å². The second-order valence-corrected chi connectivity index (χ2v) is 15.2. The summed E-state index contributed by atoms with van der Waals surface area (Å²) >= 11 is 0. The van der Waals surface area contributed by atoms with Crippen LogP contribution in [0, 0.1) is 0 Å². The number of aromatic nitrogens is 6. The van der Waals surface area contributed by atoms with Crippen LogP contribution in [0.2, 0.25) is 13.1 Å². The molecule has 0 saturated carbocycles. The van der Waals surface area contributed by atoms with E-state index in [1.54, 1.807) is 0 Å². The molecule has 0 aliphatic rings. The van der Waals surface area contributed by atoms with E-state index < -0.39 is 8.07 Å². The molecule has 8 aromatic rings. The van der Waals surface area contributed by atoms with Crippen molar-refractivity contribution in [3.8, 4) is 11.4 Å². The standard InChI is InChI=1S/C34H26N6Si/c1-41(2,33-17-31-27(21-37-33)25-19-35-15-13-29(25)39(31)23-9-5-3-6-10-23)34-18-32-28(22-38-34)26-20-36-16-14-30(26)40(32)24-11-7-4-8-12-24/h3-22H,1-2H3. The molecule has 0 bridgehead atoms. The molecular formula is C34H26N6Si. The summed E-state index contributed by atoms with van der Waals surface area (Å²) in [4.78, 5) is 19.0. The van der Waals surface area contributed by atoms with E-state index in [4.69, 9.17) is 9.97 Å². The highest BCUT2D eigenvalue weighted by molar-refractivity contribution is 6.99. The predicted octanol–water partition coefficient (Wildman–Crippen LogP) is 6.28. The minimum Gasteiger partial charge on any atom is -0.309 e. The highest BCUT2D eigenvalue weighted by Crippen LogP contribution is 2.32. The van der Waals surface area contributed by atoms with E-state index in [1.807, 2.05) is 37.2 Å². The third kappa shape index (κ3) is 3.56. The Bertz CT molecular complexity index is 2070. The summed E-state index contributed by atoms with van der Waals surface area (Å²) in [7, 11) is -2.32. The Labute approximate surface area is 237 Å². The lowest BCUT2D eigenvalue weighted by atomic mass is 10.2. The molecular weight excluding hydrogens is 521 g/mol. The molecule has 0 radical (unpaired) electrons. The second-order valence-electron chi connectivity index (χ2n) is 10.9. The molecule has 0 aliphatic heterocycles. The maximum Gasteiger partial charge on any atom is 0.158 e. The van der Waals surface area contributed by atoms with Crippen molar-refractivity contribution in [3.63, 3.8) is 0 Å². The van der Waals surface area contributed by atoms with E-state index in [-0.39, 0.29) is 0 Å². The van der Waals surface area contributed by atoms with Gasteiger partial charge in [-0.25, -0.2) is 0 Å². The first kappa shape index (κ1) is 23.7. The monoisotopic (exact) mass is 546 g/mol. The zero-order chi connectivity index (χ0) is 27.6. The van der Waals surface area contributed by atoms with E-state index >= 15 is 0 Å². The fourth-order valence-corrected chi connectivity index (χ4v) is 8.07. The second kappa shape index (κ2) is 8.94. The van der Waals surface area contributed by atoms with Crippen molar-refractivity contribution in [1.82, 2.24) is 29.1 Å². The Morgan fingerprint density at radius 3 is 1.34 bits per heavy atom. The zero-order valence-corrected chi connectivity index (χ0v) is 23.7. The minimum absolute atomic E-state index is 1.09. The highest BCUT2D eigenvalue weighted by Gasteiger charge is 2.31.